The third-order valence-corrected chi connectivity index (χ3v) is 1.61. The number of nitrogens with zero attached hydrogens (tertiary/aromatic N) is 2. The van der Waals surface area contributed by atoms with Gasteiger partial charge in [-0.2, -0.15) is 4.98 Å². The van der Waals surface area contributed by atoms with Crippen LogP contribution in [0.15, 0.2) is 21.3 Å². The van der Waals surface area contributed by atoms with Gasteiger partial charge in [0, 0.05) is 0 Å². The zero-order chi connectivity index (χ0) is 9.26. The third-order valence-electron chi connectivity index (χ3n) is 1.61. The highest BCUT2D eigenvalue weighted by Gasteiger charge is 2.12. The minimum atomic E-state index is 0.158. The number of nitrogens with one attached hydrogen (secondary N) is 1. The average molecular weight is 180 g/mol. The quantitative estimate of drug-likeness (QED) is 0.527. The van der Waals surface area contributed by atoms with E-state index in [1.54, 1.807) is 6.26 Å². The number of aryl methyl sites for hydroxylation is 1. The lowest BCUT2D eigenvalue weighted by molar-refractivity contribution is 0.430. The molecule has 0 aromatic carbocycles. The van der Waals surface area contributed by atoms with Gasteiger partial charge in [0.1, 0.15) is 0 Å². The van der Waals surface area contributed by atoms with E-state index in [1.807, 2.05) is 13.0 Å². The van der Waals surface area contributed by atoms with E-state index in [0.29, 0.717) is 11.6 Å². The Hall–Kier alpha value is -1.82. The first-order chi connectivity index (χ1) is 6.31. The minimum absolute atomic E-state index is 0.158. The Labute approximate surface area is 73.7 Å². The zero-order valence-electron chi connectivity index (χ0n) is 6.94. The van der Waals surface area contributed by atoms with Gasteiger partial charge in [-0.25, -0.2) is 5.84 Å². The highest BCUT2D eigenvalue weighted by molar-refractivity contribution is 5.52. The van der Waals surface area contributed by atoms with Gasteiger partial charge in [-0.3, -0.25) is 5.43 Å². The number of nitrogen functional groups attached to an aromatic ring is 1. The molecule has 6 nitrogen and oxygen atoms in total. The van der Waals surface area contributed by atoms with Gasteiger partial charge in [0.25, 0.3) is 0 Å². The lowest BCUT2D eigenvalue weighted by atomic mass is 10.3. The molecule has 2 aromatic rings. The summed E-state index contributed by atoms with van der Waals surface area (Å²) in [5, 5.41) is 3.67. The van der Waals surface area contributed by atoms with Crippen molar-refractivity contribution in [3.8, 4) is 11.6 Å². The highest BCUT2D eigenvalue weighted by Crippen LogP contribution is 2.21. The summed E-state index contributed by atoms with van der Waals surface area (Å²) in [6.07, 6.45) is 1.57. The molecule has 2 aromatic heterocycles. The largest absolute Gasteiger partial charge is 0.461 e. The van der Waals surface area contributed by atoms with Crippen molar-refractivity contribution >= 4 is 6.01 Å². The molecule has 0 fully saturated rings. The Morgan fingerprint density at radius 2 is 2.38 bits per heavy atom. The molecule has 0 aliphatic heterocycles. The number of hydrogen-bond donors (Lipinski definition) is 2. The van der Waals surface area contributed by atoms with Crippen molar-refractivity contribution in [2.45, 2.75) is 6.92 Å². The van der Waals surface area contributed by atoms with Crippen LogP contribution in [-0.4, -0.2) is 10.1 Å². The number of anilines is 1. The lowest BCUT2D eigenvalue weighted by Crippen LogP contribution is -2.06. The maximum Gasteiger partial charge on any atom is 0.336 e. The van der Waals surface area contributed by atoms with Gasteiger partial charge in [0.05, 0.1) is 6.26 Å². The van der Waals surface area contributed by atoms with Crippen molar-refractivity contribution < 1.29 is 8.94 Å². The molecular formula is C7H8N4O2. The van der Waals surface area contributed by atoms with Crippen LogP contribution in [0.4, 0.5) is 6.01 Å². The van der Waals surface area contributed by atoms with Crippen molar-refractivity contribution in [3.63, 3.8) is 0 Å². The fraction of sp³-hybridized carbons (Fsp3) is 0.143. The van der Waals surface area contributed by atoms with Crippen molar-refractivity contribution in [2.75, 3.05) is 5.43 Å². The summed E-state index contributed by atoms with van der Waals surface area (Å²) in [6, 6.07) is 1.98. The predicted molar refractivity (Wildman–Crippen MR) is 44.5 cm³/mol. The van der Waals surface area contributed by atoms with E-state index >= 15 is 0 Å². The van der Waals surface area contributed by atoms with Crippen LogP contribution in [0.1, 0.15) is 5.56 Å². The fourth-order valence-corrected chi connectivity index (χ4v) is 0.976. The van der Waals surface area contributed by atoms with Gasteiger partial charge >= 0.3 is 6.01 Å². The molecule has 0 unspecified atom stereocenters. The molecule has 68 valence electrons. The molecule has 2 heterocycles. The smallest absolute Gasteiger partial charge is 0.336 e. The Balaban J connectivity index is 2.41. The van der Waals surface area contributed by atoms with Gasteiger partial charge in [-0.1, -0.05) is 5.16 Å². The molecule has 2 rings (SSSR count). The molecule has 6 heteroatoms. The molecule has 0 spiro atoms. The van der Waals surface area contributed by atoms with Gasteiger partial charge in [0.15, 0.2) is 5.76 Å². The van der Waals surface area contributed by atoms with E-state index in [9.17, 15) is 0 Å². The SMILES string of the molecule is Cc1ccoc1-c1noc(NN)n1. The molecular weight excluding hydrogens is 172 g/mol. The summed E-state index contributed by atoms with van der Waals surface area (Å²) < 4.78 is 9.89. The van der Waals surface area contributed by atoms with Gasteiger partial charge in [-0.15, -0.1) is 0 Å². The summed E-state index contributed by atoms with van der Waals surface area (Å²) in [5.74, 6) is 6.05. The minimum Gasteiger partial charge on any atom is -0.461 e. The average Bonchev–Trinajstić information content (AvgIpc) is 2.71. The van der Waals surface area contributed by atoms with Crippen molar-refractivity contribution in [3.05, 3.63) is 17.9 Å². The van der Waals surface area contributed by atoms with Gasteiger partial charge < -0.3 is 8.94 Å². The standard InChI is InChI=1S/C7H8N4O2/c1-4-2-3-12-5(4)6-9-7(10-8)13-11-6/h2-3H,8H2,1H3,(H,9,10,11). The maximum atomic E-state index is 5.15. The van der Waals surface area contributed by atoms with Crippen LogP contribution in [0.5, 0.6) is 0 Å². The second-order valence-electron chi connectivity index (χ2n) is 2.50. The van der Waals surface area contributed by atoms with Crippen LogP contribution in [-0.2, 0) is 0 Å². The van der Waals surface area contributed by atoms with E-state index in [4.69, 9.17) is 14.8 Å². The predicted octanol–water partition coefficient (Wildman–Crippen LogP) is 0.924. The number of rotatable bonds is 2. The van der Waals surface area contributed by atoms with Gasteiger partial charge in [-0.05, 0) is 18.6 Å². The molecule has 0 saturated heterocycles. The van der Waals surface area contributed by atoms with E-state index in [0.717, 1.165) is 5.56 Å². The monoisotopic (exact) mass is 180 g/mol. The van der Waals surface area contributed by atoms with E-state index < -0.39 is 0 Å². The zero-order valence-corrected chi connectivity index (χ0v) is 6.94. The van der Waals surface area contributed by atoms with E-state index in [1.165, 1.54) is 0 Å². The molecule has 0 saturated carbocycles. The summed E-state index contributed by atoms with van der Waals surface area (Å²) in [4.78, 5) is 3.92. The van der Waals surface area contributed by atoms with Crippen LogP contribution >= 0.6 is 0 Å². The van der Waals surface area contributed by atoms with Crippen LogP contribution in [0.25, 0.3) is 11.6 Å². The Morgan fingerprint density at radius 3 is 2.92 bits per heavy atom. The van der Waals surface area contributed by atoms with E-state index in [-0.39, 0.29) is 6.01 Å². The lowest BCUT2D eigenvalue weighted by Gasteiger charge is -1.87. The Morgan fingerprint density at radius 1 is 1.54 bits per heavy atom. The summed E-state index contributed by atoms with van der Waals surface area (Å²) in [7, 11) is 0. The molecule has 0 bridgehead atoms. The number of aromatic nitrogens is 2. The van der Waals surface area contributed by atoms with Crippen molar-refractivity contribution in [2.24, 2.45) is 5.84 Å². The first-order valence-corrected chi connectivity index (χ1v) is 3.66. The van der Waals surface area contributed by atoms with Crippen LogP contribution < -0.4 is 11.3 Å². The molecule has 0 atom stereocenters. The molecule has 0 aliphatic carbocycles. The van der Waals surface area contributed by atoms with Gasteiger partial charge in [0.2, 0.25) is 5.82 Å². The summed E-state index contributed by atoms with van der Waals surface area (Å²) in [6.45, 7) is 1.89. The molecule has 0 radical (unpaired) electrons. The summed E-state index contributed by atoms with van der Waals surface area (Å²) in [5.41, 5.74) is 3.20. The first-order valence-electron chi connectivity index (χ1n) is 3.66. The Bertz CT molecular complexity index is 406. The molecule has 0 aliphatic rings. The maximum absolute atomic E-state index is 5.15. The topological polar surface area (TPSA) is 90.1 Å². The van der Waals surface area contributed by atoms with Crippen LogP contribution in [0.2, 0.25) is 0 Å². The third kappa shape index (κ3) is 1.27. The molecule has 3 N–H and O–H groups in total. The van der Waals surface area contributed by atoms with E-state index in [2.05, 4.69) is 15.6 Å². The normalized spacial score (nSPS) is 10.3. The fourth-order valence-electron chi connectivity index (χ4n) is 0.976. The number of furan rings is 1. The van der Waals surface area contributed by atoms with Crippen LogP contribution in [0.3, 0.4) is 0 Å². The molecule has 13 heavy (non-hydrogen) atoms. The number of nitrogens with two attached hydrogens (primary N) is 1. The van der Waals surface area contributed by atoms with Crippen LogP contribution in [0, 0.1) is 6.92 Å². The summed E-state index contributed by atoms with van der Waals surface area (Å²) >= 11 is 0. The van der Waals surface area contributed by atoms with Crippen molar-refractivity contribution in [1.29, 1.82) is 0 Å². The first kappa shape index (κ1) is 7.81. The highest BCUT2D eigenvalue weighted by atomic mass is 16.5. The van der Waals surface area contributed by atoms with Crippen molar-refractivity contribution in [1.82, 2.24) is 10.1 Å². The second kappa shape index (κ2) is 2.91. The second-order valence-corrected chi connectivity index (χ2v) is 2.50. The Kier molecular flexibility index (Phi) is 1.75. The molecule has 0 amide bonds. The number of hydrazine groups is 1. The number of hydrogen-bond acceptors (Lipinski definition) is 6.